The van der Waals surface area contributed by atoms with E-state index < -0.39 is 0 Å². The number of anilines is 1. The first-order valence-corrected chi connectivity index (χ1v) is 11.0. The summed E-state index contributed by atoms with van der Waals surface area (Å²) in [6.07, 6.45) is 2.95. The Hall–Kier alpha value is -3.02. The van der Waals surface area contributed by atoms with Gasteiger partial charge in [-0.3, -0.25) is 4.90 Å². The molecule has 0 radical (unpaired) electrons. The second-order valence-electron chi connectivity index (χ2n) is 7.88. The SMILES string of the molecule is Cc1ccc(-c2ccc(CN3CCc4nc(-c5ccc(N)cc5)ncc4C3)s2)cc1. The van der Waals surface area contributed by atoms with Crippen molar-refractivity contribution in [1.29, 1.82) is 0 Å². The molecule has 5 heteroatoms. The third-order valence-electron chi connectivity index (χ3n) is 5.56. The summed E-state index contributed by atoms with van der Waals surface area (Å²) >= 11 is 1.88. The van der Waals surface area contributed by atoms with Gasteiger partial charge in [0.2, 0.25) is 0 Å². The van der Waals surface area contributed by atoms with Crippen LogP contribution in [0.25, 0.3) is 21.8 Å². The smallest absolute Gasteiger partial charge is 0.159 e. The van der Waals surface area contributed by atoms with Crippen LogP contribution in [0.1, 0.15) is 21.7 Å². The average Bonchev–Trinajstić information content (AvgIpc) is 3.23. The van der Waals surface area contributed by atoms with E-state index >= 15 is 0 Å². The summed E-state index contributed by atoms with van der Waals surface area (Å²) in [5, 5.41) is 0. The summed E-state index contributed by atoms with van der Waals surface area (Å²) in [7, 11) is 0. The summed E-state index contributed by atoms with van der Waals surface area (Å²) in [5.41, 5.74) is 12.5. The van der Waals surface area contributed by atoms with Gasteiger partial charge in [-0.1, -0.05) is 29.8 Å². The first kappa shape index (κ1) is 19.0. The number of nitrogens with two attached hydrogens (primary N) is 1. The number of aromatic nitrogens is 2. The molecule has 150 valence electrons. The van der Waals surface area contributed by atoms with Crippen molar-refractivity contribution in [2.45, 2.75) is 26.4 Å². The Balaban J connectivity index is 1.28. The minimum absolute atomic E-state index is 0.756. The van der Waals surface area contributed by atoms with E-state index in [0.29, 0.717) is 0 Å². The van der Waals surface area contributed by atoms with E-state index in [0.717, 1.165) is 43.1 Å². The summed E-state index contributed by atoms with van der Waals surface area (Å²) in [6, 6.07) is 21.0. The number of hydrogen-bond donors (Lipinski definition) is 1. The lowest BCUT2D eigenvalue weighted by Gasteiger charge is -2.27. The van der Waals surface area contributed by atoms with E-state index in [2.05, 4.69) is 53.2 Å². The van der Waals surface area contributed by atoms with Gasteiger partial charge in [0.25, 0.3) is 0 Å². The van der Waals surface area contributed by atoms with Crippen LogP contribution in [-0.2, 0) is 19.5 Å². The molecule has 4 nitrogen and oxygen atoms in total. The molecule has 5 rings (SSSR count). The largest absolute Gasteiger partial charge is 0.399 e. The second kappa shape index (κ2) is 8.01. The molecule has 4 aromatic rings. The fourth-order valence-electron chi connectivity index (χ4n) is 3.84. The van der Waals surface area contributed by atoms with Gasteiger partial charge in [-0.25, -0.2) is 9.97 Å². The van der Waals surface area contributed by atoms with Crippen LogP contribution < -0.4 is 5.73 Å². The van der Waals surface area contributed by atoms with Crippen molar-refractivity contribution in [3.05, 3.63) is 88.6 Å². The van der Waals surface area contributed by atoms with E-state index in [1.165, 1.54) is 32.1 Å². The number of aryl methyl sites for hydroxylation is 1. The zero-order valence-corrected chi connectivity index (χ0v) is 17.8. The van der Waals surface area contributed by atoms with Gasteiger partial charge in [-0.15, -0.1) is 11.3 Å². The number of nitrogens with zero attached hydrogens (tertiary/aromatic N) is 3. The van der Waals surface area contributed by atoms with Crippen molar-refractivity contribution in [1.82, 2.24) is 14.9 Å². The number of nitrogen functional groups attached to an aromatic ring is 1. The molecule has 2 aromatic carbocycles. The minimum Gasteiger partial charge on any atom is -0.399 e. The maximum absolute atomic E-state index is 5.79. The van der Waals surface area contributed by atoms with Gasteiger partial charge in [0, 0.05) is 58.8 Å². The molecule has 0 spiro atoms. The summed E-state index contributed by atoms with van der Waals surface area (Å²) in [5.74, 6) is 0.781. The van der Waals surface area contributed by atoms with Gasteiger partial charge in [0.1, 0.15) is 0 Å². The molecule has 0 amide bonds. The fraction of sp³-hybridized carbons (Fsp3) is 0.200. The topological polar surface area (TPSA) is 55.0 Å². The first-order chi connectivity index (χ1) is 14.6. The van der Waals surface area contributed by atoms with Gasteiger partial charge in [0.15, 0.2) is 5.82 Å². The molecule has 30 heavy (non-hydrogen) atoms. The highest BCUT2D eigenvalue weighted by atomic mass is 32.1. The Morgan fingerprint density at radius 2 is 1.73 bits per heavy atom. The maximum Gasteiger partial charge on any atom is 0.159 e. The Labute approximate surface area is 181 Å². The highest BCUT2D eigenvalue weighted by Gasteiger charge is 2.19. The van der Waals surface area contributed by atoms with E-state index in [1.54, 1.807) is 0 Å². The molecule has 1 aliphatic heterocycles. The fourth-order valence-corrected chi connectivity index (χ4v) is 4.89. The number of hydrogen-bond acceptors (Lipinski definition) is 5. The van der Waals surface area contributed by atoms with Crippen molar-refractivity contribution >= 4 is 17.0 Å². The monoisotopic (exact) mass is 412 g/mol. The van der Waals surface area contributed by atoms with Gasteiger partial charge in [-0.2, -0.15) is 0 Å². The molecule has 2 N–H and O–H groups in total. The lowest BCUT2D eigenvalue weighted by molar-refractivity contribution is 0.245. The quantitative estimate of drug-likeness (QED) is 0.461. The third kappa shape index (κ3) is 3.99. The molecular formula is C25H24N4S. The highest BCUT2D eigenvalue weighted by molar-refractivity contribution is 7.15. The number of fused-ring (bicyclic) bond motifs is 1. The van der Waals surface area contributed by atoms with Crippen molar-refractivity contribution in [2.75, 3.05) is 12.3 Å². The first-order valence-electron chi connectivity index (χ1n) is 10.2. The highest BCUT2D eigenvalue weighted by Crippen LogP contribution is 2.30. The van der Waals surface area contributed by atoms with Crippen LogP contribution in [-0.4, -0.2) is 21.4 Å². The average molecular weight is 413 g/mol. The molecule has 0 unspecified atom stereocenters. The molecule has 0 bridgehead atoms. The summed E-state index contributed by atoms with van der Waals surface area (Å²) in [4.78, 5) is 14.7. The predicted octanol–water partition coefficient (Wildman–Crippen LogP) is 5.32. The molecule has 3 heterocycles. The summed E-state index contributed by atoms with van der Waals surface area (Å²) < 4.78 is 0. The van der Waals surface area contributed by atoms with Crippen LogP contribution in [0.5, 0.6) is 0 Å². The predicted molar refractivity (Wildman–Crippen MR) is 124 cm³/mol. The molecular weight excluding hydrogens is 388 g/mol. The van der Waals surface area contributed by atoms with Gasteiger partial charge < -0.3 is 5.73 Å². The number of benzene rings is 2. The standard InChI is InChI=1S/C25H24N4S/c1-17-2-4-18(5-3-17)24-11-10-22(30-24)16-29-13-12-23-20(15-29)14-27-25(28-23)19-6-8-21(26)9-7-19/h2-11,14H,12-13,15-16,26H2,1H3. The molecule has 1 aliphatic rings. The minimum atomic E-state index is 0.756. The van der Waals surface area contributed by atoms with Crippen LogP contribution in [0.15, 0.2) is 66.9 Å². The number of thiophene rings is 1. The van der Waals surface area contributed by atoms with E-state index in [4.69, 9.17) is 10.7 Å². The van der Waals surface area contributed by atoms with E-state index in [-0.39, 0.29) is 0 Å². The third-order valence-corrected chi connectivity index (χ3v) is 6.68. The number of rotatable bonds is 4. The lowest BCUT2D eigenvalue weighted by atomic mass is 10.1. The molecule has 2 aromatic heterocycles. The Kier molecular flexibility index (Phi) is 5.07. The second-order valence-corrected chi connectivity index (χ2v) is 9.05. The van der Waals surface area contributed by atoms with Crippen molar-refractivity contribution < 1.29 is 0 Å². The normalized spacial score (nSPS) is 13.9. The van der Waals surface area contributed by atoms with Crippen molar-refractivity contribution in [3.8, 4) is 21.8 Å². The van der Waals surface area contributed by atoms with Crippen molar-refractivity contribution in [2.24, 2.45) is 0 Å². The van der Waals surface area contributed by atoms with Crippen LogP contribution in [0.4, 0.5) is 5.69 Å². The maximum atomic E-state index is 5.79. The van der Waals surface area contributed by atoms with E-state index in [9.17, 15) is 0 Å². The zero-order valence-electron chi connectivity index (χ0n) is 17.0. The van der Waals surface area contributed by atoms with Crippen LogP contribution in [0, 0.1) is 6.92 Å². The van der Waals surface area contributed by atoms with Crippen molar-refractivity contribution in [3.63, 3.8) is 0 Å². The van der Waals surface area contributed by atoms with Crippen LogP contribution >= 0.6 is 11.3 Å². The molecule has 0 aliphatic carbocycles. The van der Waals surface area contributed by atoms with E-state index in [1.807, 2.05) is 41.8 Å². The van der Waals surface area contributed by atoms with Gasteiger partial charge in [-0.05, 0) is 48.9 Å². The van der Waals surface area contributed by atoms with Crippen LogP contribution in [0.2, 0.25) is 0 Å². The summed E-state index contributed by atoms with van der Waals surface area (Å²) in [6.45, 7) is 5.01. The Morgan fingerprint density at radius 3 is 2.53 bits per heavy atom. The van der Waals surface area contributed by atoms with Crippen LogP contribution in [0.3, 0.4) is 0 Å². The lowest BCUT2D eigenvalue weighted by Crippen LogP contribution is -2.30. The zero-order chi connectivity index (χ0) is 20.5. The molecule has 0 fully saturated rings. The van der Waals surface area contributed by atoms with Gasteiger partial charge in [0.05, 0.1) is 5.69 Å². The molecule has 0 saturated carbocycles. The Morgan fingerprint density at radius 1 is 0.967 bits per heavy atom. The molecule has 0 saturated heterocycles. The van der Waals surface area contributed by atoms with Gasteiger partial charge >= 0.3 is 0 Å². The Bertz CT molecular complexity index is 1160. The molecule has 0 atom stereocenters.